The number of hydrogen-bond donors (Lipinski definition) is 2. The van der Waals surface area contributed by atoms with Gasteiger partial charge >= 0.3 is 0 Å². The van der Waals surface area contributed by atoms with Crippen LogP contribution in [0.4, 0.5) is 5.13 Å². The number of ether oxygens (including phenoxy) is 1. The Kier molecular flexibility index (Phi) is 6.29. The number of aliphatic hydroxyl groups excluding tert-OH is 1. The lowest BCUT2D eigenvalue weighted by Gasteiger charge is -2.02. The molecule has 16 heavy (non-hydrogen) atoms. The molecule has 0 saturated heterocycles. The summed E-state index contributed by atoms with van der Waals surface area (Å²) in [6, 6.07) is 0. The van der Waals surface area contributed by atoms with Gasteiger partial charge in [0, 0.05) is 30.6 Å². The van der Waals surface area contributed by atoms with Gasteiger partial charge in [-0.3, -0.25) is 0 Å². The van der Waals surface area contributed by atoms with Crippen molar-refractivity contribution in [3.05, 3.63) is 5.82 Å². The molecule has 5 nitrogen and oxygen atoms in total. The molecule has 2 N–H and O–H groups in total. The summed E-state index contributed by atoms with van der Waals surface area (Å²) in [4.78, 5) is 4.36. The number of anilines is 1. The molecule has 0 fully saturated rings. The highest BCUT2D eigenvalue weighted by Crippen LogP contribution is 2.16. The van der Waals surface area contributed by atoms with Crippen LogP contribution < -0.4 is 5.32 Å². The highest BCUT2D eigenvalue weighted by molar-refractivity contribution is 7.09. The Morgan fingerprint density at radius 1 is 1.44 bits per heavy atom. The van der Waals surface area contributed by atoms with Crippen LogP contribution in [-0.4, -0.2) is 40.8 Å². The predicted octanol–water partition coefficient (Wildman–Crippen LogP) is 1.47. The molecule has 0 atom stereocenters. The van der Waals surface area contributed by atoms with Gasteiger partial charge in [-0.2, -0.15) is 4.37 Å². The Labute approximate surface area is 100 Å². The monoisotopic (exact) mass is 245 g/mol. The van der Waals surface area contributed by atoms with E-state index in [0.717, 1.165) is 23.9 Å². The number of aromatic nitrogens is 2. The van der Waals surface area contributed by atoms with E-state index in [0.29, 0.717) is 19.1 Å². The molecular weight excluding hydrogens is 226 g/mol. The van der Waals surface area contributed by atoms with Crippen molar-refractivity contribution in [3.8, 4) is 0 Å². The van der Waals surface area contributed by atoms with Crippen LogP contribution in [0.25, 0.3) is 0 Å². The lowest BCUT2D eigenvalue weighted by atomic mass is 10.2. The Balaban J connectivity index is 2.12. The number of aliphatic hydroxyl groups is 1. The SMILES string of the molecule is CC(C)c1nsc(NCCCOCCO)n1. The molecule has 0 saturated carbocycles. The topological polar surface area (TPSA) is 67.3 Å². The highest BCUT2D eigenvalue weighted by Gasteiger charge is 2.06. The van der Waals surface area contributed by atoms with E-state index in [1.807, 2.05) is 0 Å². The molecule has 1 rings (SSSR count). The van der Waals surface area contributed by atoms with E-state index >= 15 is 0 Å². The highest BCUT2D eigenvalue weighted by atomic mass is 32.1. The summed E-state index contributed by atoms with van der Waals surface area (Å²) in [5.74, 6) is 1.27. The van der Waals surface area contributed by atoms with Crippen LogP contribution in [0.1, 0.15) is 32.0 Å². The Morgan fingerprint density at radius 3 is 2.88 bits per heavy atom. The molecule has 0 radical (unpaired) electrons. The first-order valence-electron chi connectivity index (χ1n) is 5.50. The largest absolute Gasteiger partial charge is 0.394 e. The van der Waals surface area contributed by atoms with Crippen LogP contribution in [0.5, 0.6) is 0 Å². The maximum atomic E-state index is 8.50. The maximum Gasteiger partial charge on any atom is 0.202 e. The zero-order valence-corrected chi connectivity index (χ0v) is 10.6. The van der Waals surface area contributed by atoms with Gasteiger partial charge in [0.25, 0.3) is 0 Å². The van der Waals surface area contributed by atoms with Crippen LogP contribution in [-0.2, 0) is 4.74 Å². The molecule has 0 aliphatic carbocycles. The Morgan fingerprint density at radius 2 is 2.25 bits per heavy atom. The van der Waals surface area contributed by atoms with E-state index < -0.39 is 0 Å². The molecule has 1 heterocycles. The van der Waals surface area contributed by atoms with Crippen molar-refractivity contribution < 1.29 is 9.84 Å². The summed E-state index contributed by atoms with van der Waals surface area (Å²) in [5, 5.41) is 12.6. The van der Waals surface area contributed by atoms with Gasteiger partial charge in [-0.1, -0.05) is 13.8 Å². The van der Waals surface area contributed by atoms with Gasteiger partial charge in [0.1, 0.15) is 5.82 Å². The van der Waals surface area contributed by atoms with Crippen LogP contribution >= 0.6 is 11.5 Å². The van der Waals surface area contributed by atoms with Crippen LogP contribution in [0.2, 0.25) is 0 Å². The van der Waals surface area contributed by atoms with Crippen LogP contribution in [0.15, 0.2) is 0 Å². The van der Waals surface area contributed by atoms with Crippen molar-refractivity contribution in [2.45, 2.75) is 26.2 Å². The van der Waals surface area contributed by atoms with Crippen molar-refractivity contribution in [1.29, 1.82) is 0 Å². The Bertz CT molecular complexity index is 291. The van der Waals surface area contributed by atoms with Crippen molar-refractivity contribution in [1.82, 2.24) is 9.36 Å². The van der Waals surface area contributed by atoms with Gasteiger partial charge < -0.3 is 15.2 Å². The third-order valence-electron chi connectivity index (χ3n) is 1.94. The second kappa shape index (κ2) is 7.54. The average Bonchev–Trinajstić information content (AvgIpc) is 2.72. The zero-order valence-electron chi connectivity index (χ0n) is 9.77. The fourth-order valence-corrected chi connectivity index (χ4v) is 1.81. The second-order valence-corrected chi connectivity index (χ2v) is 4.48. The summed E-state index contributed by atoms with van der Waals surface area (Å²) in [7, 11) is 0. The molecule has 0 aromatic carbocycles. The minimum absolute atomic E-state index is 0.0849. The fraction of sp³-hybridized carbons (Fsp3) is 0.800. The normalized spacial score (nSPS) is 11.0. The molecule has 0 aliphatic rings. The summed E-state index contributed by atoms with van der Waals surface area (Å²) >= 11 is 1.39. The molecule has 1 aromatic heterocycles. The van der Waals surface area contributed by atoms with E-state index in [-0.39, 0.29) is 6.61 Å². The molecule has 0 spiro atoms. The van der Waals surface area contributed by atoms with Crippen molar-refractivity contribution in [3.63, 3.8) is 0 Å². The third kappa shape index (κ3) is 4.87. The minimum atomic E-state index is 0.0849. The smallest absolute Gasteiger partial charge is 0.202 e. The molecule has 1 aromatic rings. The molecule has 0 amide bonds. The van der Waals surface area contributed by atoms with Crippen molar-refractivity contribution >= 4 is 16.7 Å². The average molecular weight is 245 g/mol. The number of hydrogen-bond acceptors (Lipinski definition) is 6. The molecule has 0 aliphatic heterocycles. The standard InChI is InChI=1S/C10H19N3O2S/c1-8(2)9-12-10(16-13-9)11-4-3-6-15-7-5-14/h8,14H,3-7H2,1-2H3,(H,11,12,13). The van der Waals surface area contributed by atoms with Gasteiger partial charge in [0.05, 0.1) is 13.2 Å². The fourth-order valence-electron chi connectivity index (χ4n) is 1.08. The van der Waals surface area contributed by atoms with Crippen molar-refractivity contribution in [2.24, 2.45) is 0 Å². The molecule has 6 heteroatoms. The molecule has 92 valence electrons. The minimum Gasteiger partial charge on any atom is -0.394 e. The quantitative estimate of drug-likeness (QED) is 0.679. The number of rotatable bonds is 8. The van der Waals surface area contributed by atoms with Crippen LogP contribution in [0, 0.1) is 0 Å². The van der Waals surface area contributed by atoms with Gasteiger partial charge in [0.2, 0.25) is 5.13 Å². The zero-order chi connectivity index (χ0) is 11.8. The summed E-state index contributed by atoms with van der Waals surface area (Å²) < 4.78 is 9.39. The van der Waals surface area contributed by atoms with E-state index in [9.17, 15) is 0 Å². The van der Waals surface area contributed by atoms with E-state index in [1.165, 1.54) is 11.5 Å². The first kappa shape index (κ1) is 13.3. The molecule has 0 unspecified atom stereocenters. The first-order chi connectivity index (χ1) is 7.74. The van der Waals surface area contributed by atoms with E-state index in [2.05, 4.69) is 28.5 Å². The van der Waals surface area contributed by atoms with Gasteiger partial charge in [-0.05, 0) is 6.42 Å². The summed E-state index contributed by atoms with van der Waals surface area (Å²) in [6.45, 7) is 6.13. The maximum absolute atomic E-state index is 8.50. The number of nitrogens with one attached hydrogen (secondary N) is 1. The van der Waals surface area contributed by atoms with E-state index in [4.69, 9.17) is 9.84 Å². The first-order valence-corrected chi connectivity index (χ1v) is 6.27. The lowest BCUT2D eigenvalue weighted by molar-refractivity contribution is 0.0922. The summed E-state index contributed by atoms with van der Waals surface area (Å²) in [6.07, 6.45) is 0.899. The van der Waals surface area contributed by atoms with Gasteiger partial charge in [0.15, 0.2) is 0 Å². The van der Waals surface area contributed by atoms with Gasteiger partial charge in [-0.15, -0.1) is 0 Å². The summed E-state index contributed by atoms with van der Waals surface area (Å²) in [5.41, 5.74) is 0. The lowest BCUT2D eigenvalue weighted by Crippen LogP contribution is -2.07. The van der Waals surface area contributed by atoms with Gasteiger partial charge in [-0.25, -0.2) is 4.98 Å². The second-order valence-electron chi connectivity index (χ2n) is 3.73. The predicted molar refractivity (Wildman–Crippen MR) is 65.0 cm³/mol. The Hall–Kier alpha value is -0.720. The van der Waals surface area contributed by atoms with Crippen LogP contribution in [0.3, 0.4) is 0 Å². The number of nitrogens with zero attached hydrogens (tertiary/aromatic N) is 2. The molecule has 0 bridgehead atoms. The van der Waals surface area contributed by atoms with E-state index in [1.54, 1.807) is 0 Å². The molecular formula is C10H19N3O2S. The third-order valence-corrected chi connectivity index (χ3v) is 2.62. The van der Waals surface area contributed by atoms with Crippen molar-refractivity contribution in [2.75, 3.05) is 31.7 Å².